The number of aliphatic imine (C=N–C) groups is 1. The lowest BCUT2D eigenvalue weighted by molar-refractivity contribution is 0.119. The summed E-state index contributed by atoms with van der Waals surface area (Å²) < 4.78 is 0. The molecule has 0 aromatic rings. The smallest absolute Gasteiger partial charge is 0.191 e. The fraction of sp³-hybridized carbons (Fsp3) is 0.950. The van der Waals surface area contributed by atoms with E-state index in [0.29, 0.717) is 12.1 Å². The van der Waals surface area contributed by atoms with Crippen molar-refractivity contribution in [1.29, 1.82) is 0 Å². The topological polar surface area (TPSA) is 46.1 Å². The van der Waals surface area contributed by atoms with Crippen molar-refractivity contribution in [3.05, 3.63) is 0 Å². The summed E-state index contributed by atoms with van der Waals surface area (Å²) in [5, 5.41) is 7.15. The molecule has 0 aromatic heterocycles. The molecular formula is C20H41IN6. The molecule has 0 radical (unpaired) electrons. The standard InChI is InChI=1S/C20H40N6.HI/c1-4-21-20(22-13-19-16-24(2)11-12-25(19)3)23-18-9-10-26(15-18)14-17-7-5-6-8-17;/h17-19H,4-16H2,1-3H3,(H2,21,22,23);1H. The molecule has 2 heterocycles. The molecule has 1 saturated carbocycles. The van der Waals surface area contributed by atoms with Gasteiger partial charge in [-0.1, -0.05) is 12.8 Å². The van der Waals surface area contributed by atoms with Crippen molar-refractivity contribution >= 4 is 29.9 Å². The summed E-state index contributed by atoms with van der Waals surface area (Å²) in [6, 6.07) is 1.06. The van der Waals surface area contributed by atoms with E-state index in [-0.39, 0.29) is 24.0 Å². The van der Waals surface area contributed by atoms with Gasteiger partial charge in [0.05, 0.1) is 6.54 Å². The number of rotatable bonds is 6. The number of nitrogens with one attached hydrogen (secondary N) is 2. The van der Waals surface area contributed by atoms with Crippen LogP contribution in [0.3, 0.4) is 0 Å². The maximum absolute atomic E-state index is 4.92. The summed E-state index contributed by atoms with van der Waals surface area (Å²) in [6.45, 7) is 11.1. The van der Waals surface area contributed by atoms with Gasteiger partial charge >= 0.3 is 0 Å². The molecule has 0 bridgehead atoms. The molecular weight excluding hydrogens is 451 g/mol. The summed E-state index contributed by atoms with van der Waals surface area (Å²) >= 11 is 0. The van der Waals surface area contributed by atoms with Gasteiger partial charge in [-0.3, -0.25) is 9.89 Å². The lowest BCUT2D eigenvalue weighted by Crippen LogP contribution is -2.52. The molecule has 7 heteroatoms. The van der Waals surface area contributed by atoms with Crippen LogP contribution in [-0.2, 0) is 0 Å². The SMILES string of the molecule is CCNC(=NCC1CN(C)CCN1C)NC1CCN(CC2CCCC2)C1.I. The second-order valence-corrected chi connectivity index (χ2v) is 8.66. The molecule has 2 atom stereocenters. The van der Waals surface area contributed by atoms with Crippen LogP contribution < -0.4 is 10.6 Å². The largest absolute Gasteiger partial charge is 0.357 e. The minimum Gasteiger partial charge on any atom is -0.357 e. The number of likely N-dealkylation sites (tertiary alicyclic amines) is 1. The van der Waals surface area contributed by atoms with Gasteiger partial charge in [0, 0.05) is 57.9 Å². The van der Waals surface area contributed by atoms with E-state index in [1.54, 1.807) is 0 Å². The molecule has 3 fully saturated rings. The zero-order chi connectivity index (χ0) is 18.4. The van der Waals surface area contributed by atoms with Crippen molar-refractivity contribution in [2.45, 2.75) is 51.1 Å². The second kappa shape index (κ2) is 11.8. The number of hydrogen-bond acceptors (Lipinski definition) is 4. The maximum Gasteiger partial charge on any atom is 0.191 e. The molecule has 27 heavy (non-hydrogen) atoms. The van der Waals surface area contributed by atoms with Crippen LogP contribution in [0.2, 0.25) is 0 Å². The molecule has 0 amide bonds. The van der Waals surface area contributed by atoms with Crippen molar-refractivity contribution < 1.29 is 0 Å². The Morgan fingerprint density at radius 3 is 2.56 bits per heavy atom. The third-order valence-corrected chi connectivity index (χ3v) is 6.39. The van der Waals surface area contributed by atoms with Crippen molar-refractivity contribution in [3.63, 3.8) is 0 Å². The number of hydrogen-bond donors (Lipinski definition) is 2. The Kier molecular flexibility index (Phi) is 10.1. The van der Waals surface area contributed by atoms with Crippen LogP contribution in [0.5, 0.6) is 0 Å². The summed E-state index contributed by atoms with van der Waals surface area (Å²) in [5.74, 6) is 1.95. The van der Waals surface area contributed by atoms with Crippen molar-refractivity contribution in [2.24, 2.45) is 10.9 Å². The predicted molar refractivity (Wildman–Crippen MR) is 125 cm³/mol. The molecule has 2 saturated heterocycles. The van der Waals surface area contributed by atoms with Gasteiger partial charge in [-0.2, -0.15) is 0 Å². The first-order valence-corrected chi connectivity index (χ1v) is 10.8. The van der Waals surface area contributed by atoms with Gasteiger partial charge in [-0.15, -0.1) is 24.0 Å². The van der Waals surface area contributed by atoms with Crippen LogP contribution in [-0.4, -0.2) is 99.2 Å². The average Bonchev–Trinajstić information content (AvgIpc) is 3.28. The Hall–Kier alpha value is -0.120. The van der Waals surface area contributed by atoms with Crippen molar-refractivity contribution in [1.82, 2.24) is 25.3 Å². The molecule has 1 aliphatic carbocycles. The highest BCUT2D eigenvalue weighted by Gasteiger charge is 2.27. The molecule has 2 N–H and O–H groups in total. The third kappa shape index (κ3) is 7.33. The second-order valence-electron chi connectivity index (χ2n) is 8.66. The van der Waals surface area contributed by atoms with Gasteiger partial charge in [-0.05, 0) is 46.2 Å². The highest BCUT2D eigenvalue weighted by atomic mass is 127. The van der Waals surface area contributed by atoms with Gasteiger partial charge in [0.15, 0.2) is 5.96 Å². The monoisotopic (exact) mass is 492 g/mol. The van der Waals surface area contributed by atoms with E-state index in [1.807, 2.05) is 0 Å². The summed E-state index contributed by atoms with van der Waals surface area (Å²) in [4.78, 5) is 12.5. The van der Waals surface area contributed by atoms with Crippen LogP contribution in [0.4, 0.5) is 0 Å². The van der Waals surface area contributed by atoms with Gasteiger partial charge in [-0.25, -0.2) is 0 Å². The normalized spacial score (nSPS) is 29.1. The van der Waals surface area contributed by atoms with Crippen molar-refractivity contribution in [3.8, 4) is 0 Å². The van der Waals surface area contributed by atoms with E-state index >= 15 is 0 Å². The first kappa shape index (κ1) is 23.2. The lowest BCUT2D eigenvalue weighted by Gasteiger charge is -2.37. The number of nitrogens with zero attached hydrogens (tertiary/aromatic N) is 4. The van der Waals surface area contributed by atoms with E-state index in [1.165, 1.54) is 51.7 Å². The van der Waals surface area contributed by atoms with E-state index in [2.05, 4.69) is 46.4 Å². The number of halogens is 1. The Bertz CT molecular complexity index is 454. The molecule has 6 nitrogen and oxygen atoms in total. The quantitative estimate of drug-likeness (QED) is 0.336. The average molecular weight is 492 g/mol. The van der Waals surface area contributed by atoms with Crippen LogP contribution in [0, 0.1) is 5.92 Å². The minimum absolute atomic E-state index is 0. The molecule has 0 aromatic carbocycles. The van der Waals surface area contributed by atoms with Crippen LogP contribution in [0.15, 0.2) is 4.99 Å². The van der Waals surface area contributed by atoms with Gasteiger partial charge in [0.2, 0.25) is 0 Å². The number of likely N-dealkylation sites (N-methyl/N-ethyl adjacent to an activating group) is 2. The van der Waals surface area contributed by atoms with Gasteiger partial charge < -0.3 is 20.4 Å². The Balaban J connectivity index is 0.00000261. The maximum atomic E-state index is 4.92. The number of piperazine rings is 1. The van der Waals surface area contributed by atoms with E-state index in [0.717, 1.165) is 44.6 Å². The molecule has 0 spiro atoms. The Morgan fingerprint density at radius 1 is 1.04 bits per heavy atom. The molecule has 3 rings (SSSR count). The first-order valence-electron chi connectivity index (χ1n) is 10.8. The fourth-order valence-corrected chi connectivity index (χ4v) is 4.68. The predicted octanol–water partition coefficient (Wildman–Crippen LogP) is 1.67. The molecule has 158 valence electrons. The Morgan fingerprint density at radius 2 is 1.81 bits per heavy atom. The van der Waals surface area contributed by atoms with Crippen molar-refractivity contribution in [2.75, 3.05) is 66.5 Å². The highest BCUT2D eigenvalue weighted by Crippen LogP contribution is 2.26. The van der Waals surface area contributed by atoms with E-state index in [4.69, 9.17) is 4.99 Å². The van der Waals surface area contributed by atoms with Gasteiger partial charge in [0.25, 0.3) is 0 Å². The summed E-state index contributed by atoms with van der Waals surface area (Å²) in [5.41, 5.74) is 0. The molecule has 2 aliphatic heterocycles. The molecule has 3 aliphatic rings. The van der Waals surface area contributed by atoms with E-state index < -0.39 is 0 Å². The molecule has 2 unspecified atom stereocenters. The zero-order valence-corrected chi connectivity index (χ0v) is 20.0. The van der Waals surface area contributed by atoms with Gasteiger partial charge in [0.1, 0.15) is 0 Å². The fourth-order valence-electron chi connectivity index (χ4n) is 4.68. The minimum atomic E-state index is 0. The first-order chi connectivity index (χ1) is 12.6. The Labute approximate surface area is 183 Å². The number of guanidine groups is 1. The van der Waals surface area contributed by atoms with Crippen LogP contribution >= 0.6 is 24.0 Å². The van der Waals surface area contributed by atoms with Crippen LogP contribution in [0.1, 0.15) is 39.0 Å². The van der Waals surface area contributed by atoms with Crippen LogP contribution in [0.25, 0.3) is 0 Å². The summed E-state index contributed by atoms with van der Waals surface area (Å²) in [6.07, 6.45) is 7.03. The zero-order valence-electron chi connectivity index (χ0n) is 17.6. The van der Waals surface area contributed by atoms with E-state index in [9.17, 15) is 0 Å². The highest BCUT2D eigenvalue weighted by molar-refractivity contribution is 14.0. The lowest BCUT2D eigenvalue weighted by atomic mass is 10.1. The summed E-state index contributed by atoms with van der Waals surface area (Å²) in [7, 11) is 4.44. The third-order valence-electron chi connectivity index (χ3n) is 6.39.